The van der Waals surface area contributed by atoms with Crippen molar-refractivity contribution in [3.63, 3.8) is 0 Å². The van der Waals surface area contributed by atoms with E-state index in [1.165, 1.54) is 18.0 Å². The van der Waals surface area contributed by atoms with Crippen LogP contribution in [0.5, 0.6) is 5.75 Å². The third-order valence-corrected chi connectivity index (χ3v) is 2.82. The molecule has 110 valence electrons. The van der Waals surface area contributed by atoms with E-state index in [1.807, 2.05) is 20.8 Å². The molecule has 20 heavy (non-hydrogen) atoms. The molecule has 0 fully saturated rings. The summed E-state index contributed by atoms with van der Waals surface area (Å²) in [6, 6.07) is 4.84. The summed E-state index contributed by atoms with van der Waals surface area (Å²) in [7, 11) is 1.54. The van der Waals surface area contributed by atoms with Gasteiger partial charge in [-0.25, -0.2) is 0 Å². The summed E-state index contributed by atoms with van der Waals surface area (Å²) in [4.78, 5) is 25.1. The molecule has 2 amide bonds. The lowest BCUT2D eigenvalue weighted by Crippen LogP contribution is -2.39. The molecule has 1 aromatic carbocycles. The van der Waals surface area contributed by atoms with Gasteiger partial charge >= 0.3 is 0 Å². The quantitative estimate of drug-likeness (QED) is 0.858. The lowest BCUT2D eigenvalue weighted by molar-refractivity contribution is -0.121. The smallest absolute Gasteiger partial charge is 0.257 e. The van der Waals surface area contributed by atoms with E-state index >= 15 is 0 Å². The summed E-state index contributed by atoms with van der Waals surface area (Å²) >= 11 is 0. The van der Waals surface area contributed by atoms with Crippen LogP contribution in [0, 0.1) is 12.8 Å². The van der Waals surface area contributed by atoms with E-state index in [1.54, 1.807) is 12.1 Å². The number of nitrogens with zero attached hydrogens (tertiary/aromatic N) is 1. The number of likely N-dealkylation sites (N-methyl/N-ethyl adjacent to an activating group) is 1. The molecule has 0 radical (unpaired) electrons. The minimum atomic E-state index is -0.373. The number of carbonyl (C=O) groups is 2. The molecule has 0 aliphatic carbocycles. The SMILES string of the molecule is Cc1ccc(C(=O)N(C)CC(=O)NCC(C)C)c(O)c1. The molecule has 1 rings (SSSR count). The van der Waals surface area contributed by atoms with Gasteiger partial charge in [-0.2, -0.15) is 0 Å². The fourth-order valence-electron chi connectivity index (χ4n) is 1.69. The average Bonchev–Trinajstić information content (AvgIpc) is 2.35. The summed E-state index contributed by atoms with van der Waals surface area (Å²) < 4.78 is 0. The fourth-order valence-corrected chi connectivity index (χ4v) is 1.69. The molecular weight excluding hydrogens is 256 g/mol. The Kier molecular flexibility index (Phi) is 5.55. The largest absolute Gasteiger partial charge is 0.507 e. The number of phenols is 1. The zero-order valence-electron chi connectivity index (χ0n) is 12.4. The number of carbonyl (C=O) groups excluding carboxylic acids is 2. The molecular formula is C15H22N2O3. The molecule has 0 spiro atoms. The van der Waals surface area contributed by atoms with Crippen LogP contribution >= 0.6 is 0 Å². The number of aromatic hydroxyl groups is 1. The second-order valence-electron chi connectivity index (χ2n) is 5.38. The van der Waals surface area contributed by atoms with E-state index in [2.05, 4.69) is 5.32 Å². The van der Waals surface area contributed by atoms with Gasteiger partial charge < -0.3 is 15.3 Å². The van der Waals surface area contributed by atoms with E-state index in [0.29, 0.717) is 12.5 Å². The van der Waals surface area contributed by atoms with Crippen LogP contribution in [0.15, 0.2) is 18.2 Å². The summed E-state index contributed by atoms with van der Waals surface area (Å²) in [5, 5.41) is 12.5. The van der Waals surface area contributed by atoms with Gasteiger partial charge in [0.15, 0.2) is 0 Å². The number of aryl methyl sites for hydroxylation is 1. The van der Waals surface area contributed by atoms with E-state index in [-0.39, 0.29) is 29.7 Å². The van der Waals surface area contributed by atoms with Crippen LogP contribution in [-0.4, -0.2) is 42.0 Å². The summed E-state index contributed by atoms with van der Waals surface area (Å²) in [5.41, 5.74) is 1.08. The Balaban J connectivity index is 2.65. The van der Waals surface area contributed by atoms with Crippen LogP contribution in [0.25, 0.3) is 0 Å². The standard InChI is InChI=1S/C15H22N2O3/c1-10(2)8-16-14(19)9-17(4)15(20)12-6-5-11(3)7-13(12)18/h5-7,10,18H,8-9H2,1-4H3,(H,16,19). The maximum atomic E-state index is 12.1. The third kappa shape index (κ3) is 4.57. The van der Waals surface area contributed by atoms with Gasteiger partial charge in [-0.05, 0) is 30.5 Å². The van der Waals surface area contributed by atoms with Crippen LogP contribution < -0.4 is 5.32 Å². The molecule has 0 aliphatic heterocycles. The van der Waals surface area contributed by atoms with Crippen molar-refractivity contribution in [1.29, 1.82) is 0 Å². The molecule has 2 N–H and O–H groups in total. The highest BCUT2D eigenvalue weighted by Crippen LogP contribution is 2.19. The van der Waals surface area contributed by atoms with Crippen molar-refractivity contribution in [1.82, 2.24) is 10.2 Å². The molecule has 0 atom stereocenters. The predicted molar refractivity (Wildman–Crippen MR) is 77.7 cm³/mol. The fraction of sp³-hybridized carbons (Fsp3) is 0.467. The Morgan fingerprint density at radius 1 is 1.35 bits per heavy atom. The number of nitrogens with one attached hydrogen (secondary N) is 1. The second kappa shape index (κ2) is 6.93. The first kappa shape index (κ1) is 16.0. The summed E-state index contributed by atoms with van der Waals surface area (Å²) in [6.45, 7) is 6.38. The maximum absolute atomic E-state index is 12.1. The number of phenolic OH excluding ortho intramolecular Hbond substituents is 1. The zero-order valence-corrected chi connectivity index (χ0v) is 12.4. The van der Waals surface area contributed by atoms with Crippen LogP contribution in [0.4, 0.5) is 0 Å². The number of benzene rings is 1. The monoisotopic (exact) mass is 278 g/mol. The molecule has 0 aliphatic rings. The summed E-state index contributed by atoms with van der Waals surface area (Å²) in [6.07, 6.45) is 0. The molecule has 0 bridgehead atoms. The molecule has 0 unspecified atom stereocenters. The molecule has 0 saturated carbocycles. The Morgan fingerprint density at radius 3 is 2.55 bits per heavy atom. The number of hydrogen-bond donors (Lipinski definition) is 2. The first-order valence-corrected chi connectivity index (χ1v) is 6.63. The van der Waals surface area contributed by atoms with Crippen molar-refractivity contribution in [2.45, 2.75) is 20.8 Å². The number of hydrogen-bond acceptors (Lipinski definition) is 3. The van der Waals surface area contributed by atoms with Crippen molar-refractivity contribution in [3.05, 3.63) is 29.3 Å². The Labute approximate surface area is 119 Å². The molecule has 1 aromatic rings. The van der Waals surface area contributed by atoms with Gasteiger partial charge in [-0.3, -0.25) is 9.59 Å². The van der Waals surface area contributed by atoms with E-state index < -0.39 is 0 Å². The lowest BCUT2D eigenvalue weighted by atomic mass is 10.1. The molecule has 0 saturated heterocycles. The first-order chi connectivity index (χ1) is 9.31. The van der Waals surface area contributed by atoms with Gasteiger partial charge in [0.25, 0.3) is 5.91 Å². The Bertz CT molecular complexity index is 498. The number of rotatable bonds is 5. The minimum Gasteiger partial charge on any atom is -0.507 e. The Morgan fingerprint density at radius 2 is 2.00 bits per heavy atom. The highest BCUT2D eigenvalue weighted by Gasteiger charge is 2.18. The maximum Gasteiger partial charge on any atom is 0.257 e. The van der Waals surface area contributed by atoms with Crippen LogP contribution in [0.2, 0.25) is 0 Å². The first-order valence-electron chi connectivity index (χ1n) is 6.63. The summed E-state index contributed by atoms with van der Waals surface area (Å²) in [5.74, 6) is -0.283. The highest BCUT2D eigenvalue weighted by molar-refractivity contribution is 5.98. The van der Waals surface area contributed by atoms with E-state index in [0.717, 1.165) is 5.56 Å². The van der Waals surface area contributed by atoms with E-state index in [4.69, 9.17) is 0 Å². The average molecular weight is 278 g/mol. The minimum absolute atomic E-state index is 0.0289. The Hall–Kier alpha value is -2.04. The predicted octanol–water partition coefficient (Wildman–Crippen LogP) is 1.54. The lowest BCUT2D eigenvalue weighted by Gasteiger charge is -2.18. The van der Waals surface area contributed by atoms with Gasteiger partial charge in [0.05, 0.1) is 12.1 Å². The zero-order chi connectivity index (χ0) is 15.3. The molecule has 0 heterocycles. The van der Waals surface area contributed by atoms with Gasteiger partial charge in [0.1, 0.15) is 5.75 Å². The van der Waals surface area contributed by atoms with E-state index in [9.17, 15) is 14.7 Å². The molecule has 5 heteroatoms. The van der Waals surface area contributed by atoms with Crippen molar-refractivity contribution < 1.29 is 14.7 Å². The van der Waals surface area contributed by atoms with Crippen LogP contribution in [0.1, 0.15) is 29.8 Å². The highest BCUT2D eigenvalue weighted by atomic mass is 16.3. The van der Waals surface area contributed by atoms with Gasteiger partial charge in [-0.15, -0.1) is 0 Å². The normalized spacial score (nSPS) is 10.4. The molecule has 0 aromatic heterocycles. The second-order valence-corrected chi connectivity index (χ2v) is 5.38. The van der Waals surface area contributed by atoms with Crippen molar-refractivity contribution >= 4 is 11.8 Å². The topological polar surface area (TPSA) is 69.6 Å². The van der Waals surface area contributed by atoms with Crippen molar-refractivity contribution in [2.75, 3.05) is 20.1 Å². The third-order valence-electron chi connectivity index (χ3n) is 2.82. The van der Waals surface area contributed by atoms with Gasteiger partial charge in [0.2, 0.25) is 5.91 Å². The van der Waals surface area contributed by atoms with Gasteiger partial charge in [-0.1, -0.05) is 19.9 Å². The molecule has 5 nitrogen and oxygen atoms in total. The van der Waals surface area contributed by atoms with Crippen LogP contribution in [-0.2, 0) is 4.79 Å². The van der Waals surface area contributed by atoms with Crippen molar-refractivity contribution in [2.24, 2.45) is 5.92 Å². The van der Waals surface area contributed by atoms with Gasteiger partial charge in [0, 0.05) is 13.6 Å². The van der Waals surface area contributed by atoms with Crippen LogP contribution in [0.3, 0.4) is 0 Å². The number of amides is 2. The van der Waals surface area contributed by atoms with Crippen molar-refractivity contribution in [3.8, 4) is 5.75 Å².